The molecule has 458 valence electrons. The van der Waals surface area contributed by atoms with E-state index in [0.717, 1.165) is 67.1 Å². The van der Waals surface area contributed by atoms with Crippen LogP contribution in [0.25, 0.3) is 33.4 Å². The summed E-state index contributed by atoms with van der Waals surface area (Å²) in [5, 5.41) is 2.50. The molecular formula is C93H60N3OP. The predicted molar refractivity (Wildman–Crippen MR) is 402 cm³/mol. The van der Waals surface area contributed by atoms with Gasteiger partial charge in [0, 0.05) is 17.1 Å². The van der Waals surface area contributed by atoms with Gasteiger partial charge in [-0.2, -0.15) is 0 Å². The number of hydrogen-bond acceptors (Lipinski definition) is 4. The van der Waals surface area contributed by atoms with Crippen LogP contribution in [0.15, 0.2) is 364 Å². The van der Waals surface area contributed by atoms with Gasteiger partial charge in [0.05, 0.1) is 66.3 Å². The highest BCUT2D eigenvalue weighted by molar-refractivity contribution is 7.87. The van der Waals surface area contributed by atoms with Crippen molar-refractivity contribution in [3.05, 3.63) is 431 Å². The lowest BCUT2D eigenvalue weighted by molar-refractivity contribution is 0.592. The van der Waals surface area contributed by atoms with Crippen molar-refractivity contribution in [1.29, 1.82) is 0 Å². The molecule has 15 aromatic carbocycles. The number of benzene rings is 15. The normalized spacial score (nSPS) is 15.4. The Balaban J connectivity index is 0.847. The predicted octanol–water partition coefficient (Wildman–Crippen LogP) is 21.8. The second-order valence-electron chi connectivity index (χ2n) is 26.8. The minimum atomic E-state index is -3.82. The highest BCUT2D eigenvalue weighted by Gasteiger charge is 2.56. The summed E-state index contributed by atoms with van der Waals surface area (Å²) >= 11 is 0. The third-order valence-electron chi connectivity index (χ3n) is 22.5. The molecule has 0 atom stereocenters. The largest absolute Gasteiger partial charge is 0.309 e. The van der Waals surface area contributed by atoms with E-state index in [0.29, 0.717) is 0 Å². The van der Waals surface area contributed by atoms with Crippen molar-refractivity contribution in [2.45, 2.75) is 16.2 Å². The van der Waals surface area contributed by atoms with Gasteiger partial charge in [0.25, 0.3) is 0 Å². The van der Waals surface area contributed by atoms with Crippen LogP contribution in [0.1, 0.15) is 66.8 Å². The Labute approximate surface area is 570 Å². The van der Waals surface area contributed by atoms with E-state index in [1.165, 1.54) is 100 Å². The molecule has 4 nitrogen and oxygen atoms in total. The lowest BCUT2D eigenvalue weighted by Crippen LogP contribution is -2.47. The van der Waals surface area contributed by atoms with Gasteiger partial charge in [0.15, 0.2) is 7.14 Å². The average molecular weight is 1270 g/mol. The molecule has 0 radical (unpaired) electrons. The second-order valence-corrected chi connectivity index (χ2v) is 29.4. The van der Waals surface area contributed by atoms with Gasteiger partial charge in [0.2, 0.25) is 0 Å². The van der Waals surface area contributed by atoms with Crippen LogP contribution in [0.2, 0.25) is 0 Å². The average Bonchev–Trinajstić information content (AvgIpc) is 0.946. The zero-order valence-electron chi connectivity index (χ0n) is 53.3. The summed E-state index contributed by atoms with van der Waals surface area (Å²) in [6.45, 7) is 0. The Bertz CT molecular complexity index is 5490. The fourth-order valence-corrected chi connectivity index (χ4v) is 22.5. The summed E-state index contributed by atoms with van der Waals surface area (Å²) < 4.78 is 18.6. The van der Waals surface area contributed by atoms with E-state index in [9.17, 15) is 0 Å². The van der Waals surface area contributed by atoms with Crippen molar-refractivity contribution in [2.24, 2.45) is 0 Å². The maximum atomic E-state index is 18.6. The van der Waals surface area contributed by atoms with Crippen LogP contribution in [0.3, 0.4) is 0 Å². The first-order valence-corrected chi connectivity index (χ1v) is 35.7. The molecule has 3 aliphatic carbocycles. The number of hydrogen-bond donors (Lipinski definition) is 0. The van der Waals surface area contributed by atoms with Crippen molar-refractivity contribution in [3.8, 4) is 33.4 Å². The quantitative estimate of drug-likeness (QED) is 0.135. The molecule has 6 aliphatic rings. The van der Waals surface area contributed by atoms with E-state index in [-0.39, 0.29) is 0 Å². The van der Waals surface area contributed by atoms with Crippen LogP contribution >= 0.6 is 7.14 Å². The molecule has 0 saturated heterocycles. The standard InChI is InChI=1S/C93H60N3OP/c97-98-88-82-46-25-48-84(88)95(68-52-55-73-70-40-19-22-43-76(70)92(80(73)59-68,63-32-11-3-12-33-63)64-34-13-4-14-35-64)86-50-27-51-87(90(86)98)96(69-53-56-74-71-41-20-23-44-77(71)93(81(74)60-69,65-36-15-5-16-37-65)66-38-17-6-18-39-66)85-49-26-47-83(89(85)98)94(82)67-54-57-79-75(58-67)72-42-21-24-45-78(72)91(79,61-28-7-1-8-29-61)62-30-9-2-10-31-62/h1-60H. The maximum absolute atomic E-state index is 18.6. The van der Waals surface area contributed by atoms with Gasteiger partial charge < -0.3 is 19.3 Å². The molecule has 5 heteroatoms. The van der Waals surface area contributed by atoms with Gasteiger partial charge >= 0.3 is 0 Å². The summed E-state index contributed by atoms with van der Waals surface area (Å²) in [7, 11) is -3.82. The summed E-state index contributed by atoms with van der Waals surface area (Å²) in [6.07, 6.45) is 0. The minimum Gasteiger partial charge on any atom is -0.309 e. The molecule has 15 aromatic rings. The molecule has 0 fully saturated rings. The fourth-order valence-electron chi connectivity index (χ4n) is 18.9. The van der Waals surface area contributed by atoms with Crippen LogP contribution in [0, 0.1) is 0 Å². The van der Waals surface area contributed by atoms with Crippen LogP contribution < -0.4 is 30.6 Å². The van der Waals surface area contributed by atoms with Gasteiger partial charge in [-0.05, 0) is 173 Å². The smallest absolute Gasteiger partial charge is 0.183 e. The maximum Gasteiger partial charge on any atom is 0.183 e. The molecule has 0 amide bonds. The van der Waals surface area contributed by atoms with Crippen LogP contribution in [0.5, 0.6) is 0 Å². The van der Waals surface area contributed by atoms with E-state index >= 15 is 4.57 Å². The number of anilines is 9. The molecule has 21 rings (SSSR count). The Hall–Kier alpha value is -12.1. The van der Waals surface area contributed by atoms with E-state index in [1.54, 1.807) is 0 Å². The van der Waals surface area contributed by atoms with E-state index < -0.39 is 23.4 Å². The summed E-state index contributed by atoms with van der Waals surface area (Å²) in [4.78, 5) is 7.35. The van der Waals surface area contributed by atoms with Crippen molar-refractivity contribution in [2.75, 3.05) is 14.7 Å². The zero-order valence-corrected chi connectivity index (χ0v) is 54.2. The number of fused-ring (bicyclic) bond motifs is 9. The highest BCUT2D eigenvalue weighted by atomic mass is 31.2. The molecule has 3 heterocycles. The Kier molecular flexibility index (Phi) is 11.5. The minimum absolute atomic E-state index is 0.588. The van der Waals surface area contributed by atoms with Crippen molar-refractivity contribution < 1.29 is 4.57 Å². The first-order valence-electron chi connectivity index (χ1n) is 34.0. The molecule has 98 heavy (non-hydrogen) atoms. The molecule has 0 unspecified atom stereocenters. The molecule has 0 spiro atoms. The first-order chi connectivity index (χ1) is 48.5. The van der Waals surface area contributed by atoms with Gasteiger partial charge in [-0.3, -0.25) is 0 Å². The van der Waals surface area contributed by atoms with Gasteiger partial charge in [-0.1, -0.05) is 291 Å². The molecule has 3 aliphatic heterocycles. The van der Waals surface area contributed by atoms with E-state index in [4.69, 9.17) is 0 Å². The van der Waals surface area contributed by atoms with Gasteiger partial charge in [0.1, 0.15) is 0 Å². The fraction of sp³-hybridized carbons (Fsp3) is 0.0323. The third-order valence-corrected chi connectivity index (χ3v) is 25.7. The lowest BCUT2D eigenvalue weighted by atomic mass is 9.67. The van der Waals surface area contributed by atoms with Gasteiger partial charge in [-0.25, -0.2) is 0 Å². The summed E-state index contributed by atoms with van der Waals surface area (Å²) in [5.41, 5.74) is 28.3. The Morgan fingerprint density at radius 2 is 0.429 bits per heavy atom. The van der Waals surface area contributed by atoms with Gasteiger partial charge in [-0.15, -0.1) is 0 Å². The SMILES string of the molecule is O=P12c3c4cccc3N(c3ccc5c(c3)C(c3ccccc3)(c3ccccc3)c3ccccc3-5)c3cccc(c31)N(c1ccc3c(c1)C(c1ccccc1)(c1ccccc1)c1ccccc1-3)c1cccc(c12)N4c1ccc2c(c1)-c1ccccc1C2(c1ccccc1)c1ccccc1. The number of nitrogens with zero attached hydrogens (tertiary/aromatic N) is 3. The third kappa shape index (κ3) is 6.96. The number of rotatable bonds is 9. The molecular weight excluding hydrogens is 1210 g/mol. The van der Waals surface area contributed by atoms with Crippen molar-refractivity contribution in [1.82, 2.24) is 0 Å². The molecule has 0 saturated carbocycles. The summed E-state index contributed by atoms with van der Waals surface area (Å²) in [5.74, 6) is 0. The molecule has 0 bridgehead atoms. The first kappa shape index (κ1) is 55.2. The van der Waals surface area contributed by atoms with Crippen molar-refractivity contribution >= 4 is 74.2 Å². The Morgan fingerprint density at radius 3 is 0.745 bits per heavy atom. The topological polar surface area (TPSA) is 26.8 Å². The van der Waals surface area contributed by atoms with E-state index in [2.05, 4.69) is 379 Å². The molecule has 0 aromatic heterocycles. The van der Waals surface area contributed by atoms with Crippen LogP contribution in [-0.4, -0.2) is 0 Å². The summed E-state index contributed by atoms with van der Waals surface area (Å²) in [6, 6.07) is 135. The Morgan fingerprint density at radius 1 is 0.194 bits per heavy atom. The van der Waals surface area contributed by atoms with E-state index in [1.807, 2.05) is 0 Å². The van der Waals surface area contributed by atoms with Crippen molar-refractivity contribution in [3.63, 3.8) is 0 Å². The van der Waals surface area contributed by atoms with Crippen LogP contribution in [0.4, 0.5) is 51.2 Å². The zero-order chi connectivity index (χ0) is 64.5. The lowest BCUT2D eigenvalue weighted by Gasteiger charge is -2.49. The second kappa shape index (κ2) is 20.5. The highest BCUT2D eigenvalue weighted by Crippen LogP contribution is 2.69. The van der Waals surface area contributed by atoms with Crippen LogP contribution in [-0.2, 0) is 20.8 Å². The monoisotopic (exact) mass is 1270 g/mol. The molecule has 0 N–H and O–H groups in total.